The molecule has 0 bridgehead atoms. The maximum atomic E-state index is 12.9. The Kier molecular flexibility index (Phi) is 21.2. The van der Waals surface area contributed by atoms with Crippen LogP contribution in [-0.4, -0.2) is 82.0 Å². The molecule has 0 saturated heterocycles. The van der Waals surface area contributed by atoms with Crippen molar-refractivity contribution < 1.29 is 48.9 Å². The second-order valence-electron chi connectivity index (χ2n) is 16.1. The van der Waals surface area contributed by atoms with Gasteiger partial charge in [-0.2, -0.15) is 0 Å². The molecule has 7 N–H and O–H groups in total. The van der Waals surface area contributed by atoms with E-state index in [-0.39, 0.29) is 66.6 Å². The molecule has 1 saturated carbocycles. The number of carboxylic acids is 3. The first-order chi connectivity index (χ1) is 24.3. The smallest absolute Gasteiger partial charge is 0.326 e. The van der Waals surface area contributed by atoms with Gasteiger partial charge in [0.1, 0.15) is 12.1 Å². The molecule has 2 atom stereocenters. The second-order valence-corrected chi connectivity index (χ2v) is 16.1. The van der Waals surface area contributed by atoms with E-state index in [0.29, 0.717) is 38.8 Å². The highest BCUT2D eigenvalue weighted by atomic mass is 16.4. The van der Waals surface area contributed by atoms with Crippen molar-refractivity contribution in [3.05, 3.63) is 0 Å². The SMILES string of the molecule is CCCNC(=O)[C@H](CCC(=O)O)NC(=O)CC[C@@H](NC(=O)C1CCC(CNC(=O)CCCCCCC(C)(C)CCC(C)(C)CC(=O)O)CC1)C(=O)O. The molecule has 52 heavy (non-hydrogen) atoms. The minimum Gasteiger partial charge on any atom is -0.481 e. The van der Waals surface area contributed by atoms with Gasteiger partial charge in [0.05, 0.1) is 6.42 Å². The summed E-state index contributed by atoms with van der Waals surface area (Å²) in [6.07, 6.45) is 9.79. The lowest BCUT2D eigenvalue weighted by atomic mass is 9.75. The zero-order valence-electron chi connectivity index (χ0n) is 32.2. The molecule has 0 heterocycles. The Labute approximate surface area is 309 Å². The van der Waals surface area contributed by atoms with Crippen LogP contribution >= 0.6 is 0 Å². The summed E-state index contributed by atoms with van der Waals surface area (Å²) >= 11 is 0. The minimum absolute atomic E-state index is 0.0176. The van der Waals surface area contributed by atoms with Gasteiger partial charge in [0.25, 0.3) is 0 Å². The lowest BCUT2D eigenvalue weighted by Gasteiger charge is -2.30. The number of aliphatic carboxylic acids is 3. The third-order valence-electron chi connectivity index (χ3n) is 10.0. The summed E-state index contributed by atoms with van der Waals surface area (Å²) in [5, 5.41) is 38.4. The first kappa shape index (κ1) is 46.3. The van der Waals surface area contributed by atoms with Crippen LogP contribution in [0.1, 0.15) is 150 Å². The van der Waals surface area contributed by atoms with Gasteiger partial charge >= 0.3 is 17.9 Å². The molecule has 0 aliphatic heterocycles. The molecular formula is C38H66N4O10. The highest BCUT2D eigenvalue weighted by Crippen LogP contribution is 2.36. The van der Waals surface area contributed by atoms with E-state index >= 15 is 0 Å². The van der Waals surface area contributed by atoms with E-state index in [1.165, 1.54) is 0 Å². The van der Waals surface area contributed by atoms with E-state index in [2.05, 4.69) is 35.1 Å². The number of carbonyl (C=O) groups excluding carboxylic acids is 4. The summed E-state index contributed by atoms with van der Waals surface area (Å²) < 4.78 is 0. The lowest BCUT2D eigenvalue weighted by Crippen LogP contribution is -2.48. The number of nitrogens with one attached hydrogen (secondary N) is 4. The largest absolute Gasteiger partial charge is 0.481 e. The third-order valence-corrected chi connectivity index (χ3v) is 10.0. The van der Waals surface area contributed by atoms with Gasteiger partial charge in [0.15, 0.2) is 0 Å². The van der Waals surface area contributed by atoms with Gasteiger partial charge in [-0.25, -0.2) is 4.79 Å². The van der Waals surface area contributed by atoms with Gasteiger partial charge in [-0.1, -0.05) is 53.9 Å². The zero-order valence-corrected chi connectivity index (χ0v) is 32.2. The lowest BCUT2D eigenvalue weighted by molar-refractivity contribution is -0.143. The summed E-state index contributed by atoms with van der Waals surface area (Å²) in [4.78, 5) is 84.2. The normalized spacial score (nSPS) is 17.3. The maximum absolute atomic E-state index is 12.9. The van der Waals surface area contributed by atoms with E-state index < -0.39 is 41.8 Å². The Bertz CT molecular complexity index is 1180. The van der Waals surface area contributed by atoms with Crippen LogP contribution in [-0.2, 0) is 33.6 Å². The molecule has 14 heteroatoms. The second kappa shape index (κ2) is 23.8. The number of amides is 4. The quantitative estimate of drug-likeness (QED) is 0.0571. The average Bonchev–Trinajstić information content (AvgIpc) is 3.06. The van der Waals surface area contributed by atoms with Crippen LogP contribution in [0.4, 0.5) is 0 Å². The van der Waals surface area contributed by atoms with Crippen molar-refractivity contribution in [2.24, 2.45) is 22.7 Å². The minimum atomic E-state index is -1.30. The van der Waals surface area contributed by atoms with Crippen molar-refractivity contribution in [2.75, 3.05) is 13.1 Å². The van der Waals surface area contributed by atoms with E-state index in [0.717, 1.165) is 57.8 Å². The van der Waals surface area contributed by atoms with Crippen molar-refractivity contribution >= 4 is 41.5 Å². The first-order valence-electron chi connectivity index (χ1n) is 19.1. The number of unbranched alkanes of at least 4 members (excludes halogenated alkanes) is 3. The fourth-order valence-electron chi connectivity index (χ4n) is 6.51. The Balaban J connectivity index is 2.35. The van der Waals surface area contributed by atoms with Crippen molar-refractivity contribution in [3.8, 4) is 0 Å². The molecule has 0 unspecified atom stereocenters. The third kappa shape index (κ3) is 21.0. The highest BCUT2D eigenvalue weighted by molar-refractivity contribution is 5.89. The fraction of sp³-hybridized carbons (Fsp3) is 0.816. The van der Waals surface area contributed by atoms with Crippen LogP contribution in [0.3, 0.4) is 0 Å². The summed E-state index contributed by atoms with van der Waals surface area (Å²) in [5.74, 6) is -4.78. The monoisotopic (exact) mass is 738 g/mol. The summed E-state index contributed by atoms with van der Waals surface area (Å²) in [5.41, 5.74) is -0.0657. The molecule has 298 valence electrons. The fourth-order valence-corrected chi connectivity index (χ4v) is 6.51. The van der Waals surface area contributed by atoms with Crippen LogP contribution in [0.5, 0.6) is 0 Å². The Morgan fingerprint density at radius 2 is 1.27 bits per heavy atom. The van der Waals surface area contributed by atoms with Gasteiger partial charge in [-0.15, -0.1) is 0 Å². The molecule has 1 fully saturated rings. The molecule has 0 spiro atoms. The summed E-state index contributed by atoms with van der Waals surface area (Å²) in [6, 6.07) is -2.36. The van der Waals surface area contributed by atoms with Gasteiger partial charge in [-0.3, -0.25) is 28.8 Å². The van der Waals surface area contributed by atoms with Crippen LogP contribution < -0.4 is 21.3 Å². The Morgan fingerprint density at radius 1 is 0.654 bits per heavy atom. The van der Waals surface area contributed by atoms with Crippen LogP contribution in [0.25, 0.3) is 0 Å². The number of hydrogen-bond acceptors (Lipinski definition) is 7. The zero-order chi connectivity index (χ0) is 39.3. The maximum Gasteiger partial charge on any atom is 0.326 e. The molecule has 4 amide bonds. The van der Waals surface area contributed by atoms with E-state index in [9.17, 15) is 38.7 Å². The average molecular weight is 739 g/mol. The highest BCUT2D eigenvalue weighted by Gasteiger charge is 2.31. The van der Waals surface area contributed by atoms with Gasteiger partial charge in [0.2, 0.25) is 23.6 Å². The number of rotatable bonds is 27. The van der Waals surface area contributed by atoms with Crippen molar-refractivity contribution in [2.45, 2.75) is 162 Å². The number of carboxylic acid groups (broad SMARTS) is 3. The molecule has 1 aliphatic carbocycles. The van der Waals surface area contributed by atoms with Crippen molar-refractivity contribution in [1.29, 1.82) is 0 Å². The standard InChI is InChI=1S/C38H66N4O10/c1-6-23-39-35(50)28(17-19-32(45)46)41-31(44)18-16-29(36(51)52)42-34(49)27-14-12-26(13-15-27)25-40-30(43)11-9-7-8-10-20-37(2,3)21-22-38(4,5)24-33(47)48/h26-29H,6-25H2,1-5H3,(H,39,50)(H,40,43)(H,41,44)(H,42,49)(H,45,46)(H,47,48)(H,51,52)/t26?,27?,28-,29+/m0/s1. The van der Waals surface area contributed by atoms with Crippen molar-refractivity contribution in [3.63, 3.8) is 0 Å². The van der Waals surface area contributed by atoms with Crippen LogP contribution in [0, 0.1) is 22.7 Å². The van der Waals surface area contributed by atoms with Crippen molar-refractivity contribution in [1.82, 2.24) is 21.3 Å². The van der Waals surface area contributed by atoms with Crippen LogP contribution in [0.2, 0.25) is 0 Å². The molecule has 1 rings (SSSR count). The van der Waals surface area contributed by atoms with Gasteiger partial charge in [0, 0.05) is 38.3 Å². The summed E-state index contributed by atoms with van der Waals surface area (Å²) in [6.45, 7) is 11.2. The van der Waals surface area contributed by atoms with E-state index in [4.69, 9.17) is 10.2 Å². The summed E-state index contributed by atoms with van der Waals surface area (Å²) in [7, 11) is 0. The van der Waals surface area contributed by atoms with Crippen LogP contribution in [0.15, 0.2) is 0 Å². The number of hydrogen-bond donors (Lipinski definition) is 7. The van der Waals surface area contributed by atoms with E-state index in [1.54, 1.807) is 0 Å². The predicted octanol–water partition coefficient (Wildman–Crippen LogP) is 4.78. The Morgan fingerprint density at radius 3 is 1.87 bits per heavy atom. The Hall–Kier alpha value is -3.71. The topological polar surface area (TPSA) is 228 Å². The van der Waals surface area contributed by atoms with E-state index in [1.807, 2.05) is 20.8 Å². The molecule has 14 nitrogen and oxygen atoms in total. The first-order valence-corrected chi connectivity index (χ1v) is 19.1. The molecule has 0 radical (unpaired) electrons. The molecule has 0 aromatic carbocycles. The predicted molar refractivity (Wildman–Crippen MR) is 196 cm³/mol. The molecule has 0 aromatic rings. The molecular weight excluding hydrogens is 672 g/mol. The van der Waals surface area contributed by atoms with Gasteiger partial charge in [-0.05, 0) is 87.4 Å². The molecule has 0 aromatic heterocycles. The number of carbonyl (C=O) groups is 7. The van der Waals surface area contributed by atoms with Gasteiger partial charge < -0.3 is 36.6 Å². The molecule has 1 aliphatic rings.